The molecule has 1 heterocycles. The van der Waals surface area contributed by atoms with Crippen molar-refractivity contribution in [3.8, 4) is 0 Å². The first-order chi connectivity index (χ1) is 8.72. The first-order valence-electron chi connectivity index (χ1n) is 6.23. The number of nitrogens with one attached hydrogen (secondary N) is 1. The van der Waals surface area contributed by atoms with Gasteiger partial charge in [-0.05, 0) is 24.6 Å². The summed E-state index contributed by atoms with van der Waals surface area (Å²) in [6.45, 7) is 7.62. The van der Waals surface area contributed by atoms with E-state index in [0.717, 1.165) is 42.6 Å². The molecule has 1 fully saturated rings. The third kappa shape index (κ3) is 5.01. The van der Waals surface area contributed by atoms with Crippen LogP contribution in [0.2, 0.25) is 0 Å². The quantitative estimate of drug-likeness (QED) is 0.789. The molecule has 0 aromatic heterocycles. The molecule has 1 aromatic rings. The Kier molecular flexibility index (Phi) is 9.68. The van der Waals surface area contributed by atoms with Gasteiger partial charge in [0.05, 0.1) is 0 Å². The van der Waals surface area contributed by atoms with Crippen LogP contribution in [0.15, 0.2) is 35.3 Å². The van der Waals surface area contributed by atoms with Crippen LogP contribution < -0.4 is 5.32 Å². The van der Waals surface area contributed by atoms with Crippen molar-refractivity contribution in [3.63, 3.8) is 0 Å². The van der Waals surface area contributed by atoms with Gasteiger partial charge in [0.2, 0.25) is 0 Å². The highest BCUT2D eigenvalue weighted by atomic mass is 79.9. The molecule has 1 N–H and O–H groups in total. The Bertz CT molecular complexity index is 426. The highest BCUT2D eigenvalue weighted by Crippen LogP contribution is 2.29. The van der Waals surface area contributed by atoms with Crippen molar-refractivity contribution in [2.24, 2.45) is 0 Å². The monoisotopic (exact) mass is 384 g/mol. The van der Waals surface area contributed by atoms with Crippen molar-refractivity contribution in [1.29, 1.82) is 0 Å². The summed E-state index contributed by atoms with van der Waals surface area (Å²) < 4.78 is 14.9. The Labute approximate surface area is 140 Å². The minimum Gasteiger partial charge on any atom is -0.314 e. The molecule has 0 bridgehead atoms. The van der Waals surface area contributed by atoms with Gasteiger partial charge in [0.1, 0.15) is 5.82 Å². The molecule has 2 nitrogen and oxygen atoms in total. The molecule has 0 saturated carbocycles. The molecule has 0 unspecified atom stereocenters. The summed E-state index contributed by atoms with van der Waals surface area (Å²) in [4.78, 5) is 2.32. The van der Waals surface area contributed by atoms with Crippen LogP contribution in [-0.2, 0) is 0 Å². The zero-order chi connectivity index (χ0) is 13.0. The second kappa shape index (κ2) is 9.74. The maximum Gasteiger partial charge on any atom is 0.128 e. The summed E-state index contributed by atoms with van der Waals surface area (Å²) in [5, 5.41) is 3.32. The van der Waals surface area contributed by atoms with E-state index < -0.39 is 0 Å². The first kappa shape index (κ1) is 19.9. The summed E-state index contributed by atoms with van der Waals surface area (Å²) >= 11 is 3.42. The van der Waals surface area contributed by atoms with E-state index in [9.17, 15) is 4.39 Å². The molecule has 6 heteroatoms. The molecule has 1 atom stereocenters. The smallest absolute Gasteiger partial charge is 0.128 e. The lowest BCUT2D eigenvalue weighted by molar-refractivity contribution is 0.171. The van der Waals surface area contributed by atoms with E-state index >= 15 is 0 Å². The zero-order valence-corrected chi connectivity index (χ0v) is 14.4. The summed E-state index contributed by atoms with van der Waals surface area (Å²) in [6.07, 6.45) is 2.64. The molecular weight excluding hydrogens is 366 g/mol. The van der Waals surface area contributed by atoms with Crippen LogP contribution in [0.3, 0.4) is 0 Å². The summed E-state index contributed by atoms with van der Waals surface area (Å²) in [6, 6.07) is 5.23. The number of piperazine rings is 1. The molecule has 114 valence electrons. The van der Waals surface area contributed by atoms with Crippen molar-refractivity contribution < 1.29 is 4.39 Å². The van der Waals surface area contributed by atoms with E-state index in [1.54, 1.807) is 6.07 Å². The van der Waals surface area contributed by atoms with Gasteiger partial charge in [-0.2, -0.15) is 0 Å². The van der Waals surface area contributed by atoms with E-state index in [-0.39, 0.29) is 36.7 Å². The summed E-state index contributed by atoms with van der Waals surface area (Å²) in [5.74, 6) is -0.136. The Morgan fingerprint density at radius 2 is 2.00 bits per heavy atom. The molecule has 0 radical (unpaired) electrons. The maximum absolute atomic E-state index is 14.0. The van der Waals surface area contributed by atoms with Crippen LogP contribution in [0.5, 0.6) is 0 Å². The number of hydrogen-bond donors (Lipinski definition) is 1. The average molecular weight is 386 g/mol. The van der Waals surface area contributed by atoms with Gasteiger partial charge >= 0.3 is 0 Å². The fourth-order valence-electron chi connectivity index (χ4n) is 2.39. The lowest BCUT2D eigenvalue weighted by atomic mass is 10.0. The molecule has 0 aliphatic carbocycles. The topological polar surface area (TPSA) is 15.3 Å². The van der Waals surface area contributed by atoms with Gasteiger partial charge in [-0.25, -0.2) is 4.39 Å². The molecule has 2 rings (SSSR count). The summed E-state index contributed by atoms with van der Waals surface area (Å²) in [7, 11) is 0. The fourth-order valence-corrected chi connectivity index (χ4v) is 2.77. The van der Waals surface area contributed by atoms with Gasteiger partial charge in [0.25, 0.3) is 0 Å². The minimum absolute atomic E-state index is 0. The number of nitrogens with zero attached hydrogens (tertiary/aromatic N) is 1. The number of benzene rings is 1. The Balaban J connectivity index is 0.00000180. The number of halogens is 4. The predicted molar refractivity (Wildman–Crippen MR) is 90.6 cm³/mol. The van der Waals surface area contributed by atoms with Crippen molar-refractivity contribution in [2.75, 3.05) is 26.2 Å². The molecule has 20 heavy (non-hydrogen) atoms. The Morgan fingerprint density at radius 3 is 2.60 bits per heavy atom. The largest absolute Gasteiger partial charge is 0.314 e. The van der Waals surface area contributed by atoms with Gasteiger partial charge < -0.3 is 5.32 Å². The highest BCUT2D eigenvalue weighted by Gasteiger charge is 2.23. The van der Waals surface area contributed by atoms with E-state index in [2.05, 4.69) is 32.7 Å². The van der Waals surface area contributed by atoms with Gasteiger partial charge in [-0.15, -0.1) is 31.4 Å². The molecule has 1 aliphatic heterocycles. The Morgan fingerprint density at radius 1 is 1.35 bits per heavy atom. The van der Waals surface area contributed by atoms with E-state index in [4.69, 9.17) is 0 Å². The van der Waals surface area contributed by atoms with Gasteiger partial charge in [0.15, 0.2) is 0 Å². The van der Waals surface area contributed by atoms with E-state index in [0.29, 0.717) is 0 Å². The molecule has 1 aliphatic rings. The fraction of sp³-hybridized carbons (Fsp3) is 0.429. The summed E-state index contributed by atoms with van der Waals surface area (Å²) in [5.41, 5.74) is 0.756. The highest BCUT2D eigenvalue weighted by molar-refractivity contribution is 9.10. The van der Waals surface area contributed by atoms with Crippen LogP contribution >= 0.6 is 40.7 Å². The third-order valence-electron chi connectivity index (χ3n) is 3.30. The minimum atomic E-state index is -0.136. The van der Waals surface area contributed by atoms with Gasteiger partial charge in [-0.3, -0.25) is 4.90 Å². The normalized spacial score (nSPS) is 16.7. The molecular formula is C14H20BrCl2FN2. The molecule has 0 spiro atoms. The van der Waals surface area contributed by atoms with E-state index in [1.807, 2.05) is 12.1 Å². The lowest BCUT2D eigenvalue weighted by Gasteiger charge is -2.35. The Hall–Kier alpha value is -0.130. The van der Waals surface area contributed by atoms with Crippen molar-refractivity contribution in [2.45, 2.75) is 12.5 Å². The van der Waals surface area contributed by atoms with Crippen LogP contribution in [-0.4, -0.2) is 31.1 Å². The van der Waals surface area contributed by atoms with Crippen LogP contribution in [0.25, 0.3) is 0 Å². The molecule has 0 amide bonds. The SMILES string of the molecule is C=CC[C@H](c1cc(Br)ccc1F)N1CCNCC1.Cl.Cl. The molecule has 1 saturated heterocycles. The second-order valence-corrected chi connectivity index (χ2v) is 5.41. The number of rotatable bonds is 4. The van der Waals surface area contributed by atoms with Crippen LogP contribution in [0.4, 0.5) is 4.39 Å². The van der Waals surface area contributed by atoms with E-state index in [1.165, 1.54) is 6.07 Å². The predicted octanol–water partition coefficient (Wildman–Crippen LogP) is 3.95. The lowest BCUT2D eigenvalue weighted by Crippen LogP contribution is -2.45. The maximum atomic E-state index is 14.0. The van der Waals surface area contributed by atoms with Gasteiger partial charge in [0, 0.05) is 42.3 Å². The third-order valence-corrected chi connectivity index (χ3v) is 3.79. The molecule has 1 aromatic carbocycles. The second-order valence-electron chi connectivity index (χ2n) is 4.49. The number of hydrogen-bond acceptors (Lipinski definition) is 2. The standard InChI is InChI=1S/C14H18BrFN2.2ClH/c1-2-3-14(18-8-6-17-7-9-18)12-10-11(15)4-5-13(12)16;;/h2,4-5,10,14,17H,1,3,6-9H2;2*1H/t14-;;/m1../s1. The first-order valence-corrected chi connectivity index (χ1v) is 7.02. The van der Waals surface area contributed by atoms with Crippen LogP contribution in [0, 0.1) is 5.82 Å². The average Bonchev–Trinajstić information content (AvgIpc) is 2.40. The van der Waals surface area contributed by atoms with Crippen molar-refractivity contribution in [1.82, 2.24) is 10.2 Å². The van der Waals surface area contributed by atoms with Crippen molar-refractivity contribution >= 4 is 40.7 Å². The van der Waals surface area contributed by atoms with Gasteiger partial charge in [-0.1, -0.05) is 22.0 Å². The zero-order valence-electron chi connectivity index (χ0n) is 11.1. The van der Waals surface area contributed by atoms with Crippen molar-refractivity contribution in [3.05, 3.63) is 46.7 Å². The van der Waals surface area contributed by atoms with Crippen LogP contribution in [0.1, 0.15) is 18.0 Å².